The van der Waals surface area contributed by atoms with Crippen LogP contribution >= 0.6 is 0 Å². The van der Waals surface area contributed by atoms with E-state index in [1.807, 2.05) is 12.1 Å². The maximum Gasteiger partial charge on any atom is 0.306 e. The van der Waals surface area contributed by atoms with Gasteiger partial charge in [-0.05, 0) is 43.4 Å². The van der Waals surface area contributed by atoms with Gasteiger partial charge in [0.2, 0.25) is 0 Å². The van der Waals surface area contributed by atoms with Crippen molar-refractivity contribution in [3.05, 3.63) is 29.8 Å². The van der Waals surface area contributed by atoms with E-state index in [1.165, 1.54) is 0 Å². The molecule has 4 heteroatoms. The Kier molecular flexibility index (Phi) is 3.57. The van der Waals surface area contributed by atoms with Crippen molar-refractivity contribution in [1.29, 1.82) is 0 Å². The van der Waals surface area contributed by atoms with Crippen molar-refractivity contribution in [2.45, 2.75) is 31.3 Å². The minimum atomic E-state index is -1.02. The van der Waals surface area contributed by atoms with Gasteiger partial charge in [0.25, 0.3) is 0 Å². The van der Waals surface area contributed by atoms with E-state index in [1.54, 1.807) is 19.2 Å². The fourth-order valence-electron chi connectivity index (χ4n) is 2.63. The lowest BCUT2D eigenvalue weighted by Gasteiger charge is -2.35. The largest absolute Gasteiger partial charge is 0.497 e. The molecule has 1 aliphatic carbocycles. The number of rotatable bonds is 3. The average Bonchev–Trinajstić information content (AvgIpc) is 2.39. The smallest absolute Gasteiger partial charge is 0.306 e. The normalized spacial score (nSPS) is 27.8. The third-order valence-corrected chi connectivity index (χ3v) is 3.70. The summed E-state index contributed by atoms with van der Waals surface area (Å²) in [6.07, 6.45) is 2.28. The molecule has 0 spiro atoms. The Labute approximate surface area is 106 Å². The number of methoxy groups -OCH3 is 1. The van der Waals surface area contributed by atoms with Gasteiger partial charge in [-0.15, -0.1) is 0 Å². The van der Waals surface area contributed by atoms with Crippen molar-refractivity contribution in [2.75, 3.05) is 7.11 Å². The zero-order valence-electron chi connectivity index (χ0n) is 10.4. The second-order valence-electron chi connectivity index (χ2n) is 4.89. The van der Waals surface area contributed by atoms with Gasteiger partial charge < -0.3 is 14.9 Å². The summed E-state index contributed by atoms with van der Waals surface area (Å²) in [6, 6.07) is 7.20. The van der Waals surface area contributed by atoms with Gasteiger partial charge in [-0.3, -0.25) is 4.79 Å². The molecule has 2 N–H and O–H groups in total. The Morgan fingerprint density at radius 1 is 1.39 bits per heavy atom. The number of benzene rings is 1. The topological polar surface area (TPSA) is 66.8 Å². The number of carbonyl (C=O) groups is 1. The molecule has 0 radical (unpaired) electrons. The van der Waals surface area contributed by atoms with Gasteiger partial charge in [-0.1, -0.05) is 12.1 Å². The number of aliphatic hydroxyl groups is 1. The summed E-state index contributed by atoms with van der Waals surface area (Å²) in [4.78, 5) is 11.0. The predicted molar refractivity (Wildman–Crippen MR) is 66.5 cm³/mol. The minimum Gasteiger partial charge on any atom is -0.497 e. The van der Waals surface area contributed by atoms with Crippen LogP contribution in [0.3, 0.4) is 0 Å². The third-order valence-electron chi connectivity index (χ3n) is 3.70. The van der Waals surface area contributed by atoms with Crippen LogP contribution in [0.5, 0.6) is 5.75 Å². The van der Waals surface area contributed by atoms with E-state index < -0.39 is 17.5 Å². The van der Waals surface area contributed by atoms with Crippen LogP contribution in [0.4, 0.5) is 0 Å². The number of carboxylic acids is 1. The number of carboxylic acid groups (broad SMARTS) is 1. The second-order valence-corrected chi connectivity index (χ2v) is 4.89. The maximum atomic E-state index is 11.0. The van der Waals surface area contributed by atoms with E-state index in [4.69, 9.17) is 9.84 Å². The van der Waals surface area contributed by atoms with Crippen LogP contribution in [0.15, 0.2) is 24.3 Å². The molecule has 0 aromatic heterocycles. The molecule has 1 fully saturated rings. The van der Waals surface area contributed by atoms with E-state index in [9.17, 15) is 9.90 Å². The molecule has 1 aromatic rings. The molecular formula is C14H18O4. The molecule has 1 saturated carbocycles. The number of hydrogen-bond donors (Lipinski definition) is 2. The van der Waals surface area contributed by atoms with Gasteiger partial charge in [0.1, 0.15) is 5.75 Å². The van der Waals surface area contributed by atoms with Crippen molar-refractivity contribution in [3.63, 3.8) is 0 Å². The molecule has 1 aromatic carbocycles. The van der Waals surface area contributed by atoms with Crippen molar-refractivity contribution < 1.29 is 19.7 Å². The highest BCUT2D eigenvalue weighted by atomic mass is 16.5. The molecule has 4 nitrogen and oxygen atoms in total. The highest BCUT2D eigenvalue weighted by Crippen LogP contribution is 2.40. The SMILES string of the molecule is COc1ccc(C2(O)CCCC(C(=O)O)C2)cc1. The van der Waals surface area contributed by atoms with Gasteiger partial charge in [-0.2, -0.15) is 0 Å². The molecule has 0 bridgehead atoms. The van der Waals surface area contributed by atoms with Crippen molar-refractivity contribution in [1.82, 2.24) is 0 Å². The van der Waals surface area contributed by atoms with Crippen molar-refractivity contribution in [2.24, 2.45) is 5.92 Å². The first-order chi connectivity index (χ1) is 8.55. The maximum absolute atomic E-state index is 11.0. The van der Waals surface area contributed by atoms with Gasteiger partial charge in [-0.25, -0.2) is 0 Å². The highest BCUT2D eigenvalue weighted by Gasteiger charge is 2.38. The molecule has 0 saturated heterocycles. The zero-order valence-corrected chi connectivity index (χ0v) is 10.4. The second kappa shape index (κ2) is 4.98. The fraction of sp³-hybridized carbons (Fsp3) is 0.500. The van der Waals surface area contributed by atoms with Crippen LogP contribution in [0.25, 0.3) is 0 Å². The zero-order chi connectivity index (χ0) is 13.2. The monoisotopic (exact) mass is 250 g/mol. The van der Waals surface area contributed by atoms with E-state index in [-0.39, 0.29) is 6.42 Å². The van der Waals surface area contributed by atoms with Gasteiger partial charge in [0.05, 0.1) is 18.6 Å². The molecule has 2 rings (SSSR count). The predicted octanol–water partition coefficient (Wildman–Crippen LogP) is 2.16. The lowest BCUT2D eigenvalue weighted by Crippen LogP contribution is -2.35. The minimum absolute atomic E-state index is 0.286. The number of hydrogen-bond acceptors (Lipinski definition) is 3. The summed E-state index contributed by atoms with van der Waals surface area (Å²) >= 11 is 0. The first-order valence-corrected chi connectivity index (χ1v) is 6.15. The van der Waals surface area contributed by atoms with E-state index in [2.05, 4.69) is 0 Å². The number of ether oxygens (including phenoxy) is 1. The fourth-order valence-corrected chi connectivity index (χ4v) is 2.63. The molecule has 1 aliphatic rings. The quantitative estimate of drug-likeness (QED) is 0.862. The Balaban J connectivity index is 2.21. The van der Waals surface area contributed by atoms with E-state index >= 15 is 0 Å². The van der Waals surface area contributed by atoms with Crippen LogP contribution in [0.2, 0.25) is 0 Å². The lowest BCUT2D eigenvalue weighted by atomic mass is 9.74. The van der Waals surface area contributed by atoms with Crippen molar-refractivity contribution in [3.8, 4) is 5.75 Å². The summed E-state index contributed by atoms with van der Waals surface area (Å²) in [5.74, 6) is -0.541. The molecular weight excluding hydrogens is 232 g/mol. The first kappa shape index (κ1) is 12.9. The molecule has 2 unspecified atom stereocenters. The molecule has 0 aliphatic heterocycles. The van der Waals surface area contributed by atoms with Crippen LogP contribution in [0.1, 0.15) is 31.2 Å². The number of aliphatic carboxylic acids is 1. The molecule has 0 amide bonds. The Bertz CT molecular complexity index is 426. The molecule has 18 heavy (non-hydrogen) atoms. The van der Waals surface area contributed by atoms with Gasteiger partial charge in [0, 0.05) is 0 Å². The highest BCUT2D eigenvalue weighted by molar-refractivity contribution is 5.70. The summed E-state index contributed by atoms with van der Waals surface area (Å²) in [5, 5.41) is 19.7. The summed E-state index contributed by atoms with van der Waals surface area (Å²) < 4.78 is 5.07. The Morgan fingerprint density at radius 3 is 2.61 bits per heavy atom. The van der Waals surface area contributed by atoms with Crippen LogP contribution < -0.4 is 4.74 Å². The standard InChI is InChI=1S/C14H18O4/c1-18-12-6-4-11(5-7-12)14(17)8-2-3-10(9-14)13(15)16/h4-7,10,17H,2-3,8-9H2,1H3,(H,15,16). The lowest BCUT2D eigenvalue weighted by molar-refractivity contribution is -0.147. The van der Waals surface area contributed by atoms with Gasteiger partial charge in [0.15, 0.2) is 0 Å². The summed E-state index contributed by atoms with van der Waals surface area (Å²) in [5.41, 5.74) is -0.248. The Hall–Kier alpha value is -1.55. The molecule has 2 atom stereocenters. The molecule has 0 heterocycles. The average molecular weight is 250 g/mol. The van der Waals surface area contributed by atoms with Crippen LogP contribution in [-0.2, 0) is 10.4 Å². The van der Waals surface area contributed by atoms with Crippen LogP contribution in [-0.4, -0.2) is 23.3 Å². The third kappa shape index (κ3) is 2.48. The summed E-state index contributed by atoms with van der Waals surface area (Å²) in [7, 11) is 1.59. The van der Waals surface area contributed by atoms with Gasteiger partial charge >= 0.3 is 5.97 Å². The Morgan fingerprint density at radius 2 is 2.06 bits per heavy atom. The van der Waals surface area contributed by atoms with Crippen LogP contribution in [0, 0.1) is 5.92 Å². The summed E-state index contributed by atoms with van der Waals surface area (Å²) in [6.45, 7) is 0. The first-order valence-electron chi connectivity index (χ1n) is 6.15. The van der Waals surface area contributed by atoms with Crippen molar-refractivity contribution >= 4 is 5.97 Å². The molecule has 98 valence electrons. The van der Waals surface area contributed by atoms with E-state index in [0.29, 0.717) is 12.8 Å². The van der Waals surface area contributed by atoms with E-state index in [0.717, 1.165) is 17.7 Å².